The van der Waals surface area contributed by atoms with Crippen molar-refractivity contribution < 1.29 is 0 Å². The van der Waals surface area contributed by atoms with Crippen LogP contribution in [0.3, 0.4) is 0 Å². The van der Waals surface area contributed by atoms with Crippen LogP contribution in [0.1, 0.15) is 19.8 Å². The number of fused-ring (bicyclic) bond motifs is 3. The van der Waals surface area contributed by atoms with Gasteiger partial charge in [0, 0.05) is 16.1 Å². The second kappa shape index (κ2) is 3.16. The van der Waals surface area contributed by atoms with Crippen molar-refractivity contribution in [2.75, 3.05) is 0 Å². The number of hydrogen-bond donors (Lipinski definition) is 0. The summed E-state index contributed by atoms with van der Waals surface area (Å²) >= 11 is 2.05. The van der Waals surface area contributed by atoms with Crippen LogP contribution in [0.15, 0.2) is 46.4 Å². The molecule has 1 heterocycles. The molecule has 0 aromatic rings. The molecule has 2 atom stereocenters. The van der Waals surface area contributed by atoms with E-state index in [1.165, 1.54) is 18.4 Å². The SMILES string of the molecule is CC1=CC=CC2SC3=CCCC=C3C12. The van der Waals surface area contributed by atoms with Crippen LogP contribution >= 0.6 is 11.8 Å². The summed E-state index contributed by atoms with van der Waals surface area (Å²) in [5, 5.41) is 0.676. The minimum Gasteiger partial charge on any atom is -0.118 e. The molecule has 72 valence electrons. The molecule has 0 bridgehead atoms. The van der Waals surface area contributed by atoms with Crippen molar-refractivity contribution in [3.8, 4) is 0 Å². The molecular weight excluding hydrogens is 188 g/mol. The first-order valence-electron chi connectivity index (χ1n) is 5.28. The molecule has 0 amide bonds. The van der Waals surface area contributed by atoms with Crippen LogP contribution < -0.4 is 0 Å². The van der Waals surface area contributed by atoms with E-state index in [1.54, 1.807) is 10.5 Å². The molecular formula is C13H14S. The average molecular weight is 202 g/mol. The highest BCUT2D eigenvalue weighted by molar-refractivity contribution is 8.04. The molecule has 1 fully saturated rings. The lowest BCUT2D eigenvalue weighted by Crippen LogP contribution is -2.14. The highest BCUT2D eigenvalue weighted by atomic mass is 32.2. The first-order valence-corrected chi connectivity index (χ1v) is 6.16. The van der Waals surface area contributed by atoms with E-state index >= 15 is 0 Å². The Labute approximate surface area is 89.5 Å². The minimum atomic E-state index is 0.676. The zero-order chi connectivity index (χ0) is 9.54. The summed E-state index contributed by atoms with van der Waals surface area (Å²) in [4.78, 5) is 1.55. The predicted octanol–water partition coefficient (Wildman–Crippen LogP) is 3.84. The fourth-order valence-electron chi connectivity index (χ4n) is 2.54. The Morgan fingerprint density at radius 2 is 2.14 bits per heavy atom. The Bertz CT molecular complexity index is 382. The highest BCUT2D eigenvalue weighted by Gasteiger charge is 2.36. The van der Waals surface area contributed by atoms with Crippen molar-refractivity contribution in [1.29, 1.82) is 0 Å². The van der Waals surface area contributed by atoms with E-state index in [0.29, 0.717) is 11.2 Å². The minimum absolute atomic E-state index is 0.676. The number of thioether (sulfide) groups is 1. The topological polar surface area (TPSA) is 0 Å². The summed E-state index contributed by atoms with van der Waals surface area (Å²) in [5.74, 6) is 0.677. The number of hydrogen-bond acceptors (Lipinski definition) is 1. The summed E-state index contributed by atoms with van der Waals surface area (Å²) in [6.07, 6.45) is 14.2. The molecule has 1 heteroatoms. The molecule has 2 unspecified atom stereocenters. The van der Waals surface area contributed by atoms with Gasteiger partial charge < -0.3 is 0 Å². The van der Waals surface area contributed by atoms with Crippen molar-refractivity contribution in [1.82, 2.24) is 0 Å². The van der Waals surface area contributed by atoms with Crippen LogP contribution in [0.5, 0.6) is 0 Å². The third-order valence-electron chi connectivity index (χ3n) is 3.22. The maximum Gasteiger partial charge on any atom is 0.0383 e. The first-order chi connectivity index (χ1) is 6.86. The number of allylic oxidation sites excluding steroid dienone is 6. The van der Waals surface area contributed by atoms with E-state index in [2.05, 4.69) is 37.3 Å². The fraction of sp³-hybridized carbons (Fsp3) is 0.385. The molecule has 3 aliphatic rings. The average Bonchev–Trinajstić information content (AvgIpc) is 2.57. The Kier molecular flexibility index (Phi) is 1.94. The second-order valence-corrected chi connectivity index (χ2v) is 5.38. The number of rotatable bonds is 0. The summed E-state index contributed by atoms with van der Waals surface area (Å²) in [6.45, 7) is 2.26. The standard InChI is InChI=1S/C13H14S/c1-9-5-4-8-12-13(9)10-6-2-3-7-11(10)14-12/h4-8,12-13H,2-3H2,1H3. The van der Waals surface area contributed by atoms with E-state index in [-0.39, 0.29) is 0 Å². The summed E-state index contributed by atoms with van der Waals surface area (Å²) in [6, 6.07) is 0. The van der Waals surface area contributed by atoms with Crippen molar-refractivity contribution >= 4 is 11.8 Å². The van der Waals surface area contributed by atoms with Crippen molar-refractivity contribution in [2.45, 2.75) is 25.0 Å². The maximum absolute atomic E-state index is 2.45. The van der Waals surface area contributed by atoms with Gasteiger partial charge in [-0.05, 0) is 25.3 Å². The lowest BCUT2D eigenvalue weighted by atomic mass is 9.84. The second-order valence-electron chi connectivity index (χ2n) is 4.16. The molecule has 1 saturated heterocycles. The van der Waals surface area contributed by atoms with Gasteiger partial charge in [0.1, 0.15) is 0 Å². The molecule has 2 aliphatic carbocycles. The van der Waals surface area contributed by atoms with Crippen LogP contribution in [0.2, 0.25) is 0 Å². The van der Waals surface area contributed by atoms with Crippen LogP contribution in [-0.2, 0) is 0 Å². The largest absolute Gasteiger partial charge is 0.118 e. The van der Waals surface area contributed by atoms with E-state index < -0.39 is 0 Å². The van der Waals surface area contributed by atoms with Gasteiger partial charge in [-0.1, -0.05) is 36.0 Å². The zero-order valence-corrected chi connectivity index (χ0v) is 9.18. The van der Waals surface area contributed by atoms with E-state index in [1.807, 2.05) is 11.8 Å². The van der Waals surface area contributed by atoms with Gasteiger partial charge in [0.2, 0.25) is 0 Å². The third kappa shape index (κ3) is 1.15. The van der Waals surface area contributed by atoms with Gasteiger partial charge in [-0.2, -0.15) is 0 Å². The third-order valence-corrected chi connectivity index (χ3v) is 4.58. The van der Waals surface area contributed by atoms with Gasteiger partial charge in [-0.3, -0.25) is 0 Å². The van der Waals surface area contributed by atoms with Gasteiger partial charge in [0.15, 0.2) is 0 Å². The van der Waals surface area contributed by atoms with E-state index in [0.717, 1.165) is 0 Å². The molecule has 0 spiro atoms. The van der Waals surface area contributed by atoms with Crippen LogP contribution in [0.4, 0.5) is 0 Å². The van der Waals surface area contributed by atoms with E-state index in [9.17, 15) is 0 Å². The monoisotopic (exact) mass is 202 g/mol. The van der Waals surface area contributed by atoms with Crippen molar-refractivity contribution in [3.05, 3.63) is 46.4 Å². The summed E-state index contributed by atoms with van der Waals surface area (Å²) < 4.78 is 0. The fourth-order valence-corrected chi connectivity index (χ4v) is 4.06. The van der Waals surface area contributed by atoms with Crippen LogP contribution in [0.25, 0.3) is 0 Å². The maximum atomic E-state index is 2.45. The Balaban J connectivity index is 2.06. The Hall–Kier alpha value is -0.690. The normalized spacial score (nSPS) is 34.2. The Morgan fingerprint density at radius 1 is 1.29 bits per heavy atom. The lowest BCUT2D eigenvalue weighted by molar-refractivity contribution is 0.753. The molecule has 0 aromatic carbocycles. The Morgan fingerprint density at radius 3 is 3.07 bits per heavy atom. The summed E-state index contributed by atoms with van der Waals surface area (Å²) in [5.41, 5.74) is 3.13. The van der Waals surface area contributed by atoms with E-state index in [4.69, 9.17) is 0 Å². The molecule has 0 N–H and O–H groups in total. The molecule has 0 saturated carbocycles. The smallest absolute Gasteiger partial charge is 0.0383 e. The lowest BCUT2D eigenvalue weighted by Gasteiger charge is -2.21. The van der Waals surface area contributed by atoms with Crippen LogP contribution in [0, 0.1) is 5.92 Å². The quantitative estimate of drug-likeness (QED) is 0.575. The van der Waals surface area contributed by atoms with Gasteiger partial charge in [0.05, 0.1) is 0 Å². The summed E-state index contributed by atoms with van der Waals surface area (Å²) in [7, 11) is 0. The van der Waals surface area contributed by atoms with Crippen LogP contribution in [-0.4, -0.2) is 5.25 Å². The van der Waals surface area contributed by atoms with Crippen molar-refractivity contribution in [3.63, 3.8) is 0 Å². The molecule has 1 aliphatic heterocycles. The predicted molar refractivity (Wildman–Crippen MR) is 63.2 cm³/mol. The van der Waals surface area contributed by atoms with Crippen molar-refractivity contribution in [2.24, 2.45) is 5.92 Å². The van der Waals surface area contributed by atoms with Gasteiger partial charge in [0.25, 0.3) is 0 Å². The molecule has 3 rings (SSSR count). The molecule has 14 heavy (non-hydrogen) atoms. The van der Waals surface area contributed by atoms with Gasteiger partial charge in [-0.15, -0.1) is 11.8 Å². The zero-order valence-electron chi connectivity index (χ0n) is 8.36. The van der Waals surface area contributed by atoms with Gasteiger partial charge in [-0.25, -0.2) is 0 Å². The first kappa shape index (κ1) is 8.60. The molecule has 0 radical (unpaired) electrons. The van der Waals surface area contributed by atoms with Gasteiger partial charge >= 0.3 is 0 Å². The molecule has 0 nitrogen and oxygen atoms in total. The highest BCUT2D eigenvalue weighted by Crippen LogP contribution is 2.52. The molecule has 0 aromatic heterocycles.